The van der Waals surface area contributed by atoms with Gasteiger partial charge in [-0.2, -0.15) is 8.78 Å². The number of hydrogen-bond acceptors (Lipinski definition) is 4. The fourth-order valence-corrected chi connectivity index (χ4v) is 2.28. The van der Waals surface area contributed by atoms with Gasteiger partial charge in [-0.3, -0.25) is 4.79 Å². The van der Waals surface area contributed by atoms with Crippen LogP contribution in [0.3, 0.4) is 0 Å². The van der Waals surface area contributed by atoms with E-state index in [1.54, 1.807) is 31.4 Å². The number of carbonyl (C=O) groups excluding carboxylic acids is 1. The number of ether oxygens (including phenoxy) is 3. The summed E-state index contributed by atoms with van der Waals surface area (Å²) in [7, 11) is 3.08. The number of carbonyl (C=O) groups is 1. The van der Waals surface area contributed by atoms with Gasteiger partial charge in [-0.25, -0.2) is 0 Å². The van der Waals surface area contributed by atoms with E-state index in [0.29, 0.717) is 17.9 Å². The van der Waals surface area contributed by atoms with E-state index < -0.39 is 6.61 Å². The molecule has 1 N–H and O–H groups in total. The van der Waals surface area contributed by atoms with Crippen LogP contribution in [0.15, 0.2) is 42.5 Å². The summed E-state index contributed by atoms with van der Waals surface area (Å²) >= 11 is 0. The molecule has 7 heteroatoms. The van der Waals surface area contributed by atoms with Gasteiger partial charge in [0.2, 0.25) is 5.91 Å². The maximum atomic E-state index is 12.4. The first kappa shape index (κ1) is 18.5. The highest BCUT2D eigenvalue weighted by Gasteiger charge is 2.12. The molecule has 0 aromatic heterocycles. The second-order valence-electron chi connectivity index (χ2n) is 5.11. The van der Waals surface area contributed by atoms with Gasteiger partial charge in [-0.1, -0.05) is 18.2 Å². The van der Waals surface area contributed by atoms with Crippen LogP contribution < -0.4 is 19.5 Å². The third-order valence-electron chi connectivity index (χ3n) is 3.47. The van der Waals surface area contributed by atoms with Crippen molar-refractivity contribution in [2.45, 2.75) is 19.5 Å². The van der Waals surface area contributed by atoms with Gasteiger partial charge in [0.15, 0.2) is 11.5 Å². The fraction of sp³-hybridized carbons (Fsp3) is 0.278. The average molecular weight is 351 g/mol. The second-order valence-corrected chi connectivity index (χ2v) is 5.11. The standard InChI is InChI=1S/C18H19F2NO4/c1-23-15-9-7-12(11-16(15)24-2)8-10-17(22)21-13-5-3-4-6-14(13)25-18(19)20/h3-7,9,11,18H,8,10H2,1-2H3,(H,21,22). The van der Waals surface area contributed by atoms with Crippen LogP contribution in [0.5, 0.6) is 17.2 Å². The van der Waals surface area contributed by atoms with E-state index >= 15 is 0 Å². The first-order valence-corrected chi connectivity index (χ1v) is 7.58. The Morgan fingerprint density at radius 3 is 2.44 bits per heavy atom. The Labute approximate surface area is 144 Å². The maximum absolute atomic E-state index is 12.4. The van der Waals surface area contributed by atoms with E-state index in [1.807, 2.05) is 6.07 Å². The number of alkyl halides is 2. The van der Waals surface area contributed by atoms with Gasteiger partial charge in [0, 0.05) is 6.42 Å². The van der Waals surface area contributed by atoms with Gasteiger partial charge in [0.1, 0.15) is 5.75 Å². The lowest BCUT2D eigenvalue weighted by atomic mass is 10.1. The van der Waals surface area contributed by atoms with Crippen LogP contribution in [0, 0.1) is 0 Å². The summed E-state index contributed by atoms with van der Waals surface area (Å²) in [6, 6.07) is 11.4. The number of nitrogens with one attached hydrogen (secondary N) is 1. The minimum absolute atomic E-state index is 0.0723. The van der Waals surface area contributed by atoms with Gasteiger partial charge in [0.25, 0.3) is 0 Å². The van der Waals surface area contributed by atoms with E-state index in [1.165, 1.54) is 19.2 Å². The number of hydrogen-bond donors (Lipinski definition) is 1. The lowest BCUT2D eigenvalue weighted by molar-refractivity contribution is -0.116. The van der Waals surface area contributed by atoms with Crippen LogP contribution in [0.4, 0.5) is 14.5 Å². The molecule has 0 bridgehead atoms. The Balaban J connectivity index is 1.97. The molecule has 0 aliphatic heterocycles. The number of amides is 1. The van der Waals surface area contributed by atoms with Gasteiger partial charge >= 0.3 is 6.61 Å². The zero-order valence-corrected chi connectivity index (χ0v) is 13.9. The molecule has 0 fully saturated rings. The van der Waals surface area contributed by atoms with Crippen LogP contribution in [-0.2, 0) is 11.2 Å². The minimum Gasteiger partial charge on any atom is -0.493 e. The van der Waals surface area contributed by atoms with Crippen molar-refractivity contribution < 1.29 is 27.8 Å². The Hall–Kier alpha value is -2.83. The van der Waals surface area contributed by atoms with Gasteiger partial charge < -0.3 is 19.5 Å². The third kappa shape index (κ3) is 5.34. The molecule has 2 aromatic carbocycles. The summed E-state index contributed by atoms with van der Waals surface area (Å²) in [6.45, 7) is -2.95. The average Bonchev–Trinajstić information content (AvgIpc) is 2.61. The lowest BCUT2D eigenvalue weighted by Gasteiger charge is -2.12. The number of benzene rings is 2. The molecule has 0 atom stereocenters. The molecule has 134 valence electrons. The molecule has 1 amide bonds. The number of anilines is 1. The normalized spacial score (nSPS) is 10.4. The van der Waals surface area contributed by atoms with Crippen molar-refractivity contribution in [2.75, 3.05) is 19.5 Å². The molecule has 0 saturated carbocycles. The van der Waals surface area contributed by atoms with E-state index in [-0.39, 0.29) is 23.8 Å². The van der Waals surface area contributed by atoms with Crippen LogP contribution in [0.2, 0.25) is 0 Å². The number of aryl methyl sites for hydroxylation is 1. The summed E-state index contributed by atoms with van der Waals surface area (Å²) in [4.78, 5) is 12.1. The Kier molecular flexibility index (Phi) is 6.56. The van der Waals surface area contributed by atoms with Gasteiger partial charge in [-0.05, 0) is 36.2 Å². The van der Waals surface area contributed by atoms with Gasteiger partial charge in [0.05, 0.1) is 19.9 Å². The molecule has 5 nitrogen and oxygen atoms in total. The summed E-state index contributed by atoms with van der Waals surface area (Å²) in [6.07, 6.45) is 0.641. The van der Waals surface area contributed by atoms with E-state index in [9.17, 15) is 13.6 Å². The van der Waals surface area contributed by atoms with E-state index in [2.05, 4.69) is 10.1 Å². The van der Waals surface area contributed by atoms with Crippen LogP contribution in [-0.4, -0.2) is 26.7 Å². The molecule has 0 aliphatic rings. The molecule has 0 heterocycles. The third-order valence-corrected chi connectivity index (χ3v) is 3.47. The smallest absolute Gasteiger partial charge is 0.387 e. The van der Waals surface area contributed by atoms with Crippen molar-refractivity contribution in [1.29, 1.82) is 0 Å². The van der Waals surface area contributed by atoms with Crippen LogP contribution >= 0.6 is 0 Å². The quantitative estimate of drug-likeness (QED) is 0.784. The van der Waals surface area contributed by atoms with Gasteiger partial charge in [-0.15, -0.1) is 0 Å². The molecule has 0 unspecified atom stereocenters. The van der Waals surface area contributed by atoms with Crippen molar-refractivity contribution in [2.24, 2.45) is 0 Å². The number of methoxy groups -OCH3 is 2. The highest BCUT2D eigenvalue weighted by atomic mass is 19.3. The van der Waals surface area contributed by atoms with E-state index in [4.69, 9.17) is 9.47 Å². The second kappa shape index (κ2) is 8.86. The molecular formula is C18H19F2NO4. The topological polar surface area (TPSA) is 56.8 Å². The Bertz CT molecular complexity index is 722. The molecule has 0 saturated heterocycles. The molecule has 0 aliphatic carbocycles. The van der Waals surface area contributed by atoms with Crippen molar-refractivity contribution in [3.05, 3.63) is 48.0 Å². The van der Waals surface area contributed by atoms with Crippen molar-refractivity contribution in [1.82, 2.24) is 0 Å². The van der Waals surface area contributed by atoms with Crippen LogP contribution in [0.1, 0.15) is 12.0 Å². The first-order valence-electron chi connectivity index (χ1n) is 7.58. The Morgan fingerprint density at radius 1 is 1.04 bits per heavy atom. The first-order chi connectivity index (χ1) is 12.0. The lowest BCUT2D eigenvalue weighted by Crippen LogP contribution is -2.14. The summed E-state index contributed by atoms with van der Waals surface area (Å²) in [5.41, 5.74) is 1.10. The largest absolute Gasteiger partial charge is 0.493 e. The Morgan fingerprint density at radius 2 is 1.76 bits per heavy atom. The van der Waals surface area contributed by atoms with Crippen molar-refractivity contribution in [3.63, 3.8) is 0 Å². The summed E-state index contributed by atoms with van der Waals surface area (Å²) in [5, 5.41) is 2.58. The molecule has 25 heavy (non-hydrogen) atoms. The highest BCUT2D eigenvalue weighted by molar-refractivity contribution is 5.92. The molecular weight excluding hydrogens is 332 g/mol. The predicted octanol–water partition coefficient (Wildman–Crippen LogP) is 3.88. The molecule has 0 spiro atoms. The predicted molar refractivity (Wildman–Crippen MR) is 89.6 cm³/mol. The monoisotopic (exact) mass is 351 g/mol. The SMILES string of the molecule is COc1ccc(CCC(=O)Nc2ccccc2OC(F)F)cc1OC. The number of halogens is 2. The molecule has 2 rings (SSSR count). The fourth-order valence-electron chi connectivity index (χ4n) is 2.28. The molecule has 0 radical (unpaired) electrons. The zero-order valence-electron chi connectivity index (χ0n) is 13.9. The molecule has 2 aromatic rings. The van der Waals surface area contributed by atoms with Crippen molar-refractivity contribution >= 4 is 11.6 Å². The highest BCUT2D eigenvalue weighted by Crippen LogP contribution is 2.28. The number of para-hydroxylation sites is 2. The minimum atomic E-state index is -2.95. The number of rotatable bonds is 8. The van der Waals surface area contributed by atoms with E-state index in [0.717, 1.165) is 5.56 Å². The zero-order chi connectivity index (χ0) is 18.2. The van der Waals surface area contributed by atoms with Crippen molar-refractivity contribution in [3.8, 4) is 17.2 Å². The summed E-state index contributed by atoms with van der Waals surface area (Å²) in [5.74, 6) is 0.807. The maximum Gasteiger partial charge on any atom is 0.387 e. The summed E-state index contributed by atoms with van der Waals surface area (Å²) < 4.78 is 39.5. The van der Waals surface area contributed by atoms with Crippen LogP contribution in [0.25, 0.3) is 0 Å².